The second-order valence-electron chi connectivity index (χ2n) is 15.1. The van der Waals surface area contributed by atoms with E-state index >= 15 is 0 Å². The first kappa shape index (κ1) is 50.1. The van der Waals surface area contributed by atoms with Gasteiger partial charge in [0.1, 0.15) is 13.1 Å². The third kappa shape index (κ3) is 12.1. The predicted octanol–water partition coefficient (Wildman–Crippen LogP) is 5.79. The molecule has 2 amide bonds. The highest BCUT2D eigenvalue weighted by Crippen LogP contribution is 2.49. The smallest absolute Gasteiger partial charge is 0.348 e. The number of sulfonamides is 1. The molecule has 19 nitrogen and oxygen atoms in total. The average molecular weight is 953 g/mol. The highest BCUT2D eigenvalue weighted by Gasteiger charge is 2.45. The number of amides is 2. The Hall–Kier alpha value is -3.92. The van der Waals surface area contributed by atoms with Crippen molar-refractivity contribution in [2.75, 3.05) is 43.1 Å². The maximum Gasteiger partial charge on any atom is 0.348 e. The fraction of sp³-hybridized carbons (Fsp3) is 0.400. The van der Waals surface area contributed by atoms with Crippen LogP contribution in [0.4, 0.5) is 11.4 Å². The number of imide groups is 1. The first-order chi connectivity index (χ1) is 30.1. The molecular formula is C40H48N4O15S4. The fourth-order valence-electron chi connectivity index (χ4n) is 7.45. The minimum Gasteiger partial charge on any atom is -0.691 e. The molecule has 5 rings (SSSR count). The van der Waals surface area contributed by atoms with Crippen LogP contribution >= 0.6 is 36.1 Å². The van der Waals surface area contributed by atoms with Crippen LogP contribution in [0.5, 0.6) is 0 Å². The van der Waals surface area contributed by atoms with Gasteiger partial charge in [0, 0.05) is 108 Å². The van der Waals surface area contributed by atoms with Crippen LogP contribution in [0.3, 0.4) is 0 Å². The number of allylic oxidation sites excluding steroid dienone is 8. The number of fused-ring (bicyclic) bond motifs is 2. The quantitative estimate of drug-likeness (QED) is 0.0241. The van der Waals surface area contributed by atoms with E-state index in [2.05, 4.69) is 51.4 Å². The lowest BCUT2D eigenvalue weighted by molar-refractivity contribution is -0.777. The monoisotopic (exact) mass is 952 g/mol. The fourth-order valence-corrected chi connectivity index (χ4v) is 9.70. The molecule has 2 aromatic rings. The number of hydrogen-bond acceptors (Lipinski definition) is 19. The summed E-state index contributed by atoms with van der Waals surface area (Å²) in [7, 11) is -3.03. The summed E-state index contributed by atoms with van der Waals surface area (Å²) in [6.45, 7) is 8.58. The first-order valence-electron chi connectivity index (χ1n) is 19.4. The van der Waals surface area contributed by atoms with Crippen molar-refractivity contribution in [3.8, 4) is 0 Å². The van der Waals surface area contributed by atoms with E-state index in [1.54, 1.807) is 12.1 Å². The molecule has 0 bridgehead atoms. The molecule has 2 aromatic carbocycles. The van der Waals surface area contributed by atoms with Crippen LogP contribution in [0.15, 0.2) is 94.4 Å². The van der Waals surface area contributed by atoms with Crippen molar-refractivity contribution in [3.63, 3.8) is 0 Å². The van der Waals surface area contributed by atoms with Gasteiger partial charge in [-0.2, -0.15) is 13.2 Å². The van der Waals surface area contributed by atoms with Crippen molar-refractivity contribution >= 4 is 81.0 Å². The van der Waals surface area contributed by atoms with Crippen LogP contribution in [0.25, 0.3) is 0 Å². The number of hydrogen-bond donors (Lipinski definition) is 2. The zero-order valence-electron chi connectivity index (χ0n) is 35.0. The van der Waals surface area contributed by atoms with Gasteiger partial charge in [-0.3, -0.25) is 14.6 Å². The van der Waals surface area contributed by atoms with Crippen LogP contribution in [-0.4, -0.2) is 94.6 Å². The maximum atomic E-state index is 13.7. The van der Waals surface area contributed by atoms with Gasteiger partial charge in [-0.25, -0.2) is 23.7 Å². The van der Waals surface area contributed by atoms with Crippen molar-refractivity contribution < 1.29 is 76.1 Å². The number of benzene rings is 2. The summed E-state index contributed by atoms with van der Waals surface area (Å²) in [5.41, 5.74) is 4.34. The Balaban J connectivity index is 1.35. The number of carbonyl (C=O) groups excluding carboxylic acids is 3. The molecule has 342 valence electrons. The molecule has 1 fully saturated rings. The molecule has 0 unspecified atom stereocenters. The normalized spacial score (nSPS) is 17.8. The molecule has 0 aromatic heterocycles. The van der Waals surface area contributed by atoms with Crippen molar-refractivity contribution in [2.45, 2.75) is 74.0 Å². The molecule has 0 aliphatic carbocycles. The number of carbonyl (C=O) groups is 3. The number of hydroxylamine groups is 2. The summed E-state index contributed by atoms with van der Waals surface area (Å²) in [4.78, 5) is 44.0. The average Bonchev–Trinajstić information content (AvgIpc) is 3.76. The van der Waals surface area contributed by atoms with Gasteiger partial charge in [-0.1, -0.05) is 54.3 Å². The summed E-state index contributed by atoms with van der Waals surface area (Å²) in [5.74, 6) is -1.43. The molecule has 63 heavy (non-hydrogen) atoms. The zero-order chi connectivity index (χ0) is 45.8. The zero-order valence-corrected chi connectivity index (χ0v) is 38.3. The molecule has 2 N–H and O–H groups in total. The molecule has 0 spiro atoms. The van der Waals surface area contributed by atoms with E-state index in [4.69, 9.17) is 15.4 Å². The molecule has 3 heterocycles. The summed E-state index contributed by atoms with van der Waals surface area (Å²) >= 11 is 2.75. The van der Waals surface area contributed by atoms with Gasteiger partial charge in [0.25, 0.3) is 11.8 Å². The predicted molar refractivity (Wildman–Crippen MR) is 230 cm³/mol. The number of likely N-dealkylation sites (N-methyl/N-ethyl adjacent to an activating group) is 1. The number of anilines is 1. The lowest BCUT2D eigenvalue weighted by Crippen LogP contribution is -2.38. The first-order valence-corrected chi connectivity index (χ1v) is 23.4. The summed E-state index contributed by atoms with van der Waals surface area (Å²) in [6, 6.07) is 10.6. The van der Waals surface area contributed by atoms with Gasteiger partial charge in [0.2, 0.25) is 15.7 Å². The van der Waals surface area contributed by atoms with E-state index in [1.165, 1.54) is 13.1 Å². The lowest BCUT2D eigenvalue weighted by atomic mass is 9.81. The molecule has 0 radical (unpaired) electrons. The molecule has 3 aliphatic rings. The van der Waals surface area contributed by atoms with E-state index < -0.39 is 45.2 Å². The third-order valence-corrected chi connectivity index (χ3v) is 14.1. The summed E-state index contributed by atoms with van der Waals surface area (Å²) in [5, 5.41) is 38.8. The van der Waals surface area contributed by atoms with Gasteiger partial charge in [0.15, 0.2) is 5.71 Å². The standard InChI is InChI=1S/C40H48N4O15S4/c1-39(2)30-25-28(62-59-56-50)15-17-32(30)42(21-11-23-60-57-54-48)34(39)13-9-7-6-8-10-14-35-40(3,4)31-26-29(16-18-33(31)43(35)22-12-24-61-58-55-49)63(51,52)41(5)27-38(47)53-44-36(45)19-20-37(44)46/h6-10,13-18,25-26H,11-12,19-24,27H2,1-5H3,(H2-,48,49,50). The third-order valence-electron chi connectivity index (χ3n) is 10.5. The van der Waals surface area contributed by atoms with E-state index in [1.807, 2.05) is 74.6 Å². The van der Waals surface area contributed by atoms with Crippen molar-refractivity contribution in [1.29, 1.82) is 0 Å². The Morgan fingerprint density at radius 1 is 0.889 bits per heavy atom. The highest BCUT2D eigenvalue weighted by atomic mass is 32.2. The van der Waals surface area contributed by atoms with E-state index in [9.17, 15) is 28.1 Å². The number of nitrogens with zero attached hydrogens (tertiary/aromatic N) is 4. The van der Waals surface area contributed by atoms with Crippen LogP contribution in [0.2, 0.25) is 0 Å². The Labute approximate surface area is 377 Å². The Morgan fingerprint density at radius 3 is 2.29 bits per heavy atom. The minimum absolute atomic E-state index is 0.0696. The van der Waals surface area contributed by atoms with Crippen LogP contribution in [0.1, 0.15) is 64.5 Å². The van der Waals surface area contributed by atoms with E-state index in [-0.39, 0.29) is 17.7 Å². The Bertz CT molecular complexity index is 2250. The molecular weight excluding hydrogens is 905 g/mol. The number of rotatable bonds is 24. The topological polar surface area (TPSA) is 226 Å². The SMILES string of the molecule is CN(CC(=O)ON1C(=O)CCC1=O)S(=O)(=O)c1ccc2c(c1)C(C)(C)\C(=C/C=C/C=C/C=C/C1=[N+](CCCSOOO)c3ccc(SOOO)cc3C1(C)C)N2CCCSOO[O-]. The van der Waals surface area contributed by atoms with Crippen molar-refractivity contribution in [1.82, 2.24) is 9.37 Å². The Kier molecular flexibility index (Phi) is 18.1. The van der Waals surface area contributed by atoms with Crippen LogP contribution in [0, 0.1) is 0 Å². The molecule has 23 heteroatoms. The van der Waals surface area contributed by atoms with Gasteiger partial charge in [-0.05, 0) is 62.2 Å². The highest BCUT2D eigenvalue weighted by molar-refractivity contribution is 7.95. The summed E-state index contributed by atoms with van der Waals surface area (Å²) < 4.78 is 44.1. The van der Waals surface area contributed by atoms with E-state index in [0.717, 1.165) is 73.7 Å². The van der Waals surface area contributed by atoms with Crippen LogP contribution < -0.4 is 10.2 Å². The van der Waals surface area contributed by atoms with E-state index in [0.29, 0.717) is 48.1 Å². The molecule has 0 saturated carbocycles. The van der Waals surface area contributed by atoms with Gasteiger partial charge < -0.3 is 15.0 Å². The molecule has 3 aliphatic heterocycles. The van der Waals surface area contributed by atoms with Gasteiger partial charge in [0.05, 0.1) is 22.4 Å². The van der Waals surface area contributed by atoms with Crippen LogP contribution in [-0.2, 0) is 68.2 Å². The lowest BCUT2D eigenvalue weighted by Gasteiger charge is -2.27. The van der Waals surface area contributed by atoms with Crippen molar-refractivity contribution in [2.24, 2.45) is 0 Å². The van der Waals surface area contributed by atoms with Crippen molar-refractivity contribution in [3.05, 3.63) is 95.8 Å². The molecule has 1 saturated heterocycles. The van der Waals surface area contributed by atoms with Gasteiger partial charge >= 0.3 is 5.97 Å². The largest absolute Gasteiger partial charge is 0.691 e. The maximum absolute atomic E-state index is 13.7. The molecule has 0 atom stereocenters. The van der Waals surface area contributed by atoms with Gasteiger partial charge in [-0.15, -0.1) is 13.7 Å². The minimum atomic E-state index is -4.23. The Morgan fingerprint density at radius 2 is 1.57 bits per heavy atom. The summed E-state index contributed by atoms with van der Waals surface area (Å²) in [6.07, 6.45) is 14.6. The second-order valence-corrected chi connectivity index (χ2v) is 19.5. The second kappa shape index (κ2) is 22.8.